The zero-order valence-corrected chi connectivity index (χ0v) is 9.68. The monoisotopic (exact) mass is 226 g/mol. The second-order valence-corrected chi connectivity index (χ2v) is 4.03. The van der Waals surface area contributed by atoms with Gasteiger partial charge in [0.2, 0.25) is 0 Å². The van der Waals surface area contributed by atoms with Crippen LogP contribution in [0.25, 0.3) is 0 Å². The minimum Gasteiger partial charge on any atom is -0.383 e. The van der Waals surface area contributed by atoms with E-state index in [2.05, 4.69) is 4.98 Å². The normalized spacial score (nSPS) is 10.2. The van der Waals surface area contributed by atoms with E-state index in [9.17, 15) is 4.79 Å². The average Bonchev–Trinajstić information content (AvgIpc) is 2.29. The van der Waals surface area contributed by atoms with Gasteiger partial charge < -0.3 is 5.73 Å². The van der Waals surface area contributed by atoms with Gasteiger partial charge in [-0.05, 0) is 24.6 Å². The zero-order valence-electron chi connectivity index (χ0n) is 9.68. The Labute approximate surface area is 100 Å². The van der Waals surface area contributed by atoms with Gasteiger partial charge in [0.1, 0.15) is 5.82 Å². The molecule has 17 heavy (non-hydrogen) atoms. The summed E-state index contributed by atoms with van der Waals surface area (Å²) in [5.74, 6) is 0.298. The van der Waals surface area contributed by atoms with Crippen molar-refractivity contribution in [2.45, 2.75) is 13.3 Å². The number of rotatable bonds is 3. The van der Waals surface area contributed by atoms with Gasteiger partial charge in [-0.2, -0.15) is 0 Å². The number of nitrogen functional groups attached to an aromatic ring is 1. The van der Waals surface area contributed by atoms with Gasteiger partial charge in [-0.25, -0.2) is 4.98 Å². The van der Waals surface area contributed by atoms with Gasteiger partial charge >= 0.3 is 0 Å². The number of hydrogen-bond donors (Lipinski definition) is 1. The van der Waals surface area contributed by atoms with Crippen molar-refractivity contribution >= 4 is 11.6 Å². The Hall–Kier alpha value is -2.16. The Kier molecular flexibility index (Phi) is 3.19. The van der Waals surface area contributed by atoms with Crippen molar-refractivity contribution in [3.8, 4) is 0 Å². The van der Waals surface area contributed by atoms with Gasteiger partial charge in [-0.1, -0.05) is 29.8 Å². The van der Waals surface area contributed by atoms with E-state index in [1.807, 2.05) is 31.2 Å². The van der Waals surface area contributed by atoms with Crippen molar-refractivity contribution in [3.63, 3.8) is 0 Å². The minimum atomic E-state index is 0.00111. The number of benzene rings is 1. The van der Waals surface area contributed by atoms with Gasteiger partial charge in [0.05, 0.1) is 5.56 Å². The quantitative estimate of drug-likeness (QED) is 0.817. The topological polar surface area (TPSA) is 56.0 Å². The van der Waals surface area contributed by atoms with E-state index in [0.717, 1.165) is 11.1 Å². The van der Waals surface area contributed by atoms with Crippen molar-refractivity contribution in [1.82, 2.24) is 4.98 Å². The van der Waals surface area contributed by atoms with Crippen LogP contribution in [0.4, 0.5) is 5.82 Å². The Morgan fingerprint density at radius 2 is 2.12 bits per heavy atom. The number of Topliss-reactive ketones (excluding diaryl/α,β-unsaturated/α-hetero) is 1. The smallest absolute Gasteiger partial charge is 0.170 e. The van der Waals surface area contributed by atoms with Crippen molar-refractivity contribution in [3.05, 3.63) is 59.3 Å². The molecule has 2 rings (SSSR count). The molecule has 0 aliphatic heterocycles. The van der Waals surface area contributed by atoms with Gasteiger partial charge in [0, 0.05) is 12.6 Å². The molecule has 0 atom stereocenters. The standard InChI is InChI=1S/C14H14N2O/c1-10-4-2-5-11(8-10)9-13(17)12-6-3-7-16-14(12)15/h2-8H,9H2,1H3,(H2,15,16). The average molecular weight is 226 g/mol. The summed E-state index contributed by atoms with van der Waals surface area (Å²) in [5, 5.41) is 0. The highest BCUT2D eigenvalue weighted by Crippen LogP contribution is 2.12. The fourth-order valence-corrected chi connectivity index (χ4v) is 1.76. The molecule has 86 valence electrons. The van der Waals surface area contributed by atoms with Crippen LogP contribution in [0.3, 0.4) is 0 Å². The Balaban J connectivity index is 2.20. The van der Waals surface area contributed by atoms with Crippen LogP contribution in [0, 0.1) is 6.92 Å². The highest BCUT2D eigenvalue weighted by atomic mass is 16.1. The van der Waals surface area contributed by atoms with E-state index in [1.165, 1.54) is 0 Å². The lowest BCUT2D eigenvalue weighted by atomic mass is 10.0. The molecule has 0 saturated carbocycles. The predicted octanol–water partition coefficient (Wildman–Crippen LogP) is 2.40. The molecule has 2 aromatic rings. The maximum Gasteiger partial charge on any atom is 0.170 e. The molecular formula is C14H14N2O. The second kappa shape index (κ2) is 4.78. The SMILES string of the molecule is Cc1cccc(CC(=O)c2cccnc2N)c1. The number of anilines is 1. The maximum absolute atomic E-state index is 12.0. The fraction of sp³-hybridized carbons (Fsp3) is 0.143. The van der Waals surface area contributed by atoms with E-state index in [-0.39, 0.29) is 5.78 Å². The van der Waals surface area contributed by atoms with Gasteiger partial charge in [0.15, 0.2) is 5.78 Å². The number of nitrogens with two attached hydrogens (primary N) is 1. The Bertz CT molecular complexity index is 549. The van der Waals surface area contributed by atoms with Crippen LogP contribution in [0.5, 0.6) is 0 Å². The highest BCUT2D eigenvalue weighted by Gasteiger charge is 2.10. The molecular weight excluding hydrogens is 212 g/mol. The molecule has 0 unspecified atom stereocenters. The first-order valence-corrected chi connectivity index (χ1v) is 5.46. The van der Waals surface area contributed by atoms with Gasteiger partial charge in [-0.3, -0.25) is 4.79 Å². The van der Waals surface area contributed by atoms with Crippen LogP contribution < -0.4 is 5.73 Å². The van der Waals surface area contributed by atoms with E-state index in [1.54, 1.807) is 18.3 Å². The highest BCUT2D eigenvalue weighted by molar-refractivity contribution is 6.01. The molecule has 0 aliphatic carbocycles. The van der Waals surface area contributed by atoms with Crippen molar-refractivity contribution in [2.24, 2.45) is 0 Å². The molecule has 3 nitrogen and oxygen atoms in total. The maximum atomic E-state index is 12.0. The molecule has 0 radical (unpaired) electrons. The summed E-state index contributed by atoms with van der Waals surface area (Å²) in [6, 6.07) is 11.3. The van der Waals surface area contributed by atoms with Crippen LogP contribution >= 0.6 is 0 Å². The van der Waals surface area contributed by atoms with Crippen molar-refractivity contribution in [1.29, 1.82) is 0 Å². The van der Waals surface area contributed by atoms with Crippen LogP contribution in [0.1, 0.15) is 21.5 Å². The number of carbonyl (C=O) groups is 1. The summed E-state index contributed by atoms with van der Waals surface area (Å²) in [4.78, 5) is 15.9. The molecule has 0 bridgehead atoms. The molecule has 1 aromatic heterocycles. The summed E-state index contributed by atoms with van der Waals surface area (Å²) in [6.45, 7) is 2.01. The third-order valence-electron chi connectivity index (χ3n) is 2.59. The lowest BCUT2D eigenvalue weighted by molar-refractivity contribution is 0.0993. The van der Waals surface area contributed by atoms with E-state index in [4.69, 9.17) is 5.73 Å². The second-order valence-electron chi connectivity index (χ2n) is 4.03. The lowest BCUT2D eigenvalue weighted by Gasteiger charge is -2.04. The molecule has 2 N–H and O–H groups in total. The molecule has 0 saturated heterocycles. The molecule has 0 aliphatic rings. The van der Waals surface area contributed by atoms with E-state index >= 15 is 0 Å². The van der Waals surface area contributed by atoms with Crippen LogP contribution in [-0.2, 0) is 6.42 Å². The number of hydrogen-bond acceptors (Lipinski definition) is 3. The molecule has 1 heterocycles. The summed E-state index contributed by atoms with van der Waals surface area (Å²) in [6.07, 6.45) is 1.94. The first-order valence-electron chi connectivity index (χ1n) is 5.46. The number of aryl methyl sites for hydroxylation is 1. The van der Waals surface area contributed by atoms with Crippen LogP contribution in [0.15, 0.2) is 42.6 Å². The number of ketones is 1. The number of pyridine rings is 1. The summed E-state index contributed by atoms with van der Waals surface area (Å²) in [7, 11) is 0. The van der Waals surface area contributed by atoms with Gasteiger partial charge in [0.25, 0.3) is 0 Å². The first-order chi connectivity index (χ1) is 8.16. The summed E-state index contributed by atoms with van der Waals surface area (Å²) < 4.78 is 0. The fourth-order valence-electron chi connectivity index (χ4n) is 1.76. The molecule has 1 aromatic carbocycles. The molecule has 0 spiro atoms. The van der Waals surface area contributed by atoms with Gasteiger partial charge in [-0.15, -0.1) is 0 Å². The van der Waals surface area contributed by atoms with Crippen molar-refractivity contribution in [2.75, 3.05) is 5.73 Å². The third kappa shape index (κ3) is 2.69. The van der Waals surface area contributed by atoms with Crippen LogP contribution in [-0.4, -0.2) is 10.8 Å². The van der Waals surface area contributed by atoms with E-state index in [0.29, 0.717) is 17.8 Å². The molecule has 3 heteroatoms. The predicted molar refractivity (Wildman–Crippen MR) is 67.9 cm³/mol. The van der Waals surface area contributed by atoms with Crippen LogP contribution in [0.2, 0.25) is 0 Å². The number of nitrogens with zero attached hydrogens (tertiary/aromatic N) is 1. The first kappa shape index (κ1) is 11.3. The number of carbonyl (C=O) groups excluding carboxylic acids is 1. The number of aromatic nitrogens is 1. The largest absolute Gasteiger partial charge is 0.383 e. The third-order valence-corrected chi connectivity index (χ3v) is 2.59. The van der Waals surface area contributed by atoms with E-state index < -0.39 is 0 Å². The molecule has 0 fully saturated rings. The zero-order chi connectivity index (χ0) is 12.3. The minimum absolute atomic E-state index is 0.00111. The van der Waals surface area contributed by atoms with Crippen molar-refractivity contribution < 1.29 is 4.79 Å². The Morgan fingerprint density at radius 1 is 1.29 bits per heavy atom. The lowest BCUT2D eigenvalue weighted by Crippen LogP contribution is -2.08. The molecule has 0 amide bonds. The summed E-state index contributed by atoms with van der Waals surface area (Å²) in [5.41, 5.74) is 8.31. The summed E-state index contributed by atoms with van der Waals surface area (Å²) >= 11 is 0. The Morgan fingerprint density at radius 3 is 2.82 bits per heavy atom.